The van der Waals surface area contributed by atoms with Crippen LogP contribution in [0.1, 0.15) is 24.3 Å². The Labute approximate surface area is 216 Å². The number of nitrogens with one attached hydrogen (secondary N) is 3. The molecular weight excluding hydrogens is 501 g/mol. The number of alkyl halides is 3. The molecular formula is C26H27F3N6OS. The van der Waals surface area contributed by atoms with E-state index >= 15 is 0 Å². The molecule has 37 heavy (non-hydrogen) atoms. The van der Waals surface area contributed by atoms with E-state index in [2.05, 4.69) is 25.9 Å². The molecule has 1 atom stereocenters. The Morgan fingerprint density at radius 1 is 1.11 bits per heavy atom. The summed E-state index contributed by atoms with van der Waals surface area (Å²) in [4.78, 5) is 14.5. The number of aromatic nitrogens is 3. The Bertz CT molecular complexity index is 1370. The Morgan fingerprint density at radius 2 is 1.95 bits per heavy atom. The number of halogens is 3. The average molecular weight is 529 g/mol. The number of ether oxygens (including phenoxy) is 1. The lowest BCUT2D eigenvalue weighted by atomic mass is 10.1. The van der Waals surface area contributed by atoms with Gasteiger partial charge >= 0.3 is 6.18 Å². The lowest BCUT2D eigenvalue weighted by Gasteiger charge is -2.23. The Morgan fingerprint density at radius 3 is 2.73 bits per heavy atom. The van der Waals surface area contributed by atoms with E-state index in [0.29, 0.717) is 29.0 Å². The molecule has 0 saturated carbocycles. The summed E-state index contributed by atoms with van der Waals surface area (Å²) in [6.45, 7) is 3.60. The maximum Gasteiger partial charge on any atom is 0.390 e. The molecule has 0 amide bonds. The minimum Gasteiger partial charge on any atom is -0.437 e. The van der Waals surface area contributed by atoms with Gasteiger partial charge in [0.1, 0.15) is 10.6 Å². The fourth-order valence-corrected chi connectivity index (χ4v) is 5.13. The van der Waals surface area contributed by atoms with Gasteiger partial charge in [0.15, 0.2) is 0 Å². The summed E-state index contributed by atoms with van der Waals surface area (Å²) in [6.07, 6.45) is -1.24. The maximum atomic E-state index is 12.6. The normalized spacial score (nSPS) is 16.1. The lowest BCUT2D eigenvalue weighted by molar-refractivity contribution is -0.131. The van der Waals surface area contributed by atoms with Gasteiger partial charge in [0.2, 0.25) is 11.8 Å². The summed E-state index contributed by atoms with van der Waals surface area (Å²) in [6, 6.07) is 13.0. The fraction of sp³-hybridized carbons (Fsp3) is 0.346. The summed E-state index contributed by atoms with van der Waals surface area (Å²) in [5.74, 6) is 1.54. The third-order valence-corrected chi connectivity index (χ3v) is 7.01. The molecule has 4 aromatic rings. The minimum absolute atomic E-state index is 0.204. The first-order valence-corrected chi connectivity index (χ1v) is 13.0. The van der Waals surface area contributed by atoms with Gasteiger partial charge in [0, 0.05) is 41.8 Å². The lowest BCUT2D eigenvalue weighted by Crippen LogP contribution is -2.38. The first kappa shape index (κ1) is 25.2. The average Bonchev–Trinajstić information content (AvgIpc) is 3.25. The molecule has 0 spiro atoms. The van der Waals surface area contributed by atoms with Crippen molar-refractivity contribution in [2.45, 2.75) is 38.4 Å². The molecule has 1 aliphatic rings. The largest absolute Gasteiger partial charge is 0.437 e. The van der Waals surface area contributed by atoms with Gasteiger partial charge in [-0.05, 0) is 44.5 Å². The van der Waals surface area contributed by atoms with Crippen molar-refractivity contribution < 1.29 is 17.9 Å². The van der Waals surface area contributed by atoms with Crippen LogP contribution in [0, 0.1) is 6.92 Å². The molecule has 0 unspecified atom stereocenters. The van der Waals surface area contributed by atoms with E-state index in [1.54, 1.807) is 18.3 Å². The van der Waals surface area contributed by atoms with Crippen molar-refractivity contribution in [2.24, 2.45) is 0 Å². The summed E-state index contributed by atoms with van der Waals surface area (Å²) < 4.78 is 44.2. The number of anilines is 2. The third-order valence-electron chi connectivity index (χ3n) is 6.04. The quantitative estimate of drug-likeness (QED) is 0.245. The van der Waals surface area contributed by atoms with Gasteiger partial charge in [0.05, 0.1) is 17.1 Å². The van der Waals surface area contributed by atoms with Crippen LogP contribution < -0.4 is 20.7 Å². The topological polar surface area (TPSA) is 84.0 Å². The minimum atomic E-state index is -4.21. The van der Waals surface area contributed by atoms with E-state index in [1.807, 2.05) is 37.3 Å². The number of benzene rings is 2. The summed E-state index contributed by atoms with van der Waals surface area (Å²) in [7, 11) is 0. The highest BCUT2D eigenvalue weighted by Gasteiger charge is 2.26. The predicted molar refractivity (Wildman–Crippen MR) is 141 cm³/mol. The molecule has 5 rings (SSSR count). The highest BCUT2D eigenvalue weighted by molar-refractivity contribution is 7.15. The van der Waals surface area contributed by atoms with E-state index in [-0.39, 0.29) is 12.6 Å². The molecule has 1 aliphatic heterocycles. The molecule has 194 valence electrons. The van der Waals surface area contributed by atoms with Gasteiger partial charge in [-0.15, -0.1) is 11.3 Å². The van der Waals surface area contributed by atoms with E-state index in [9.17, 15) is 13.2 Å². The molecule has 2 aromatic carbocycles. The van der Waals surface area contributed by atoms with Crippen molar-refractivity contribution in [2.75, 3.05) is 30.3 Å². The van der Waals surface area contributed by atoms with Gasteiger partial charge in [-0.3, -0.25) is 0 Å². The molecule has 7 nitrogen and oxygen atoms in total. The fourth-order valence-electron chi connectivity index (χ4n) is 4.31. The number of rotatable bonds is 8. The predicted octanol–water partition coefficient (Wildman–Crippen LogP) is 6.38. The molecule has 1 saturated heterocycles. The number of nitrogens with zero attached hydrogens (tertiary/aromatic N) is 3. The molecule has 3 heterocycles. The summed E-state index contributed by atoms with van der Waals surface area (Å²) >= 11 is 1.48. The second-order valence-corrected chi connectivity index (χ2v) is 10.1. The van der Waals surface area contributed by atoms with Crippen LogP contribution >= 0.6 is 11.3 Å². The van der Waals surface area contributed by atoms with E-state index < -0.39 is 12.6 Å². The van der Waals surface area contributed by atoms with Crippen LogP contribution in [0.3, 0.4) is 0 Å². The van der Waals surface area contributed by atoms with Crippen molar-refractivity contribution in [1.82, 2.24) is 20.3 Å². The molecule has 2 aromatic heterocycles. The SMILES string of the molecule is Cc1nc(Oc2ccc(NCCC(F)(F)F)c3ccccc23)c(-c2ccnc(N[C@H]3CCCNC3)n2)s1. The zero-order valence-corrected chi connectivity index (χ0v) is 21.0. The van der Waals surface area contributed by atoms with Gasteiger partial charge in [0.25, 0.3) is 0 Å². The van der Waals surface area contributed by atoms with E-state index in [0.717, 1.165) is 46.6 Å². The van der Waals surface area contributed by atoms with Crippen molar-refractivity contribution in [3.05, 3.63) is 53.7 Å². The van der Waals surface area contributed by atoms with E-state index in [1.165, 1.54) is 11.3 Å². The second-order valence-electron chi connectivity index (χ2n) is 8.87. The number of piperidine rings is 1. The van der Waals surface area contributed by atoms with Crippen LogP contribution in [0.15, 0.2) is 48.7 Å². The standard InChI is InChI=1S/C26H27F3N6OS/c1-16-33-24(23(37-16)21-10-13-32-25(35-21)34-17-5-4-12-30-15-17)36-22-9-8-20(31-14-11-26(27,28)29)18-6-2-3-7-19(18)22/h2-3,6-10,13,17,30-31H,4-5,11-12,14-15H2,1H3,(H,32,34,35)/t17-/m0/s1. The van der Waals surface area contributed by atoms with Crippen LogP contribution in [0.25, 0.3) is 21.3 Å². The number of hydrogen-bond donors (Lipinski definition) is 3. The number of hydrogen-bond acceptors (Lipinski definition) is 8. The van der Waals surface area contributed by atoms with Crippen LogP contribution in [0.5, 0.6) is 11.6 Å². The summed E-state index contributed by atoms with van der Waals surface area (Å²) in [5.41, 5.74) is 1.32. The third kappa shape index (κ3) is 6.28. The van der Waals surface area contributed by atoms with Crippen LogP contribution in [0.4, 0.5) is 24.8 Å². The first-order valence-electron chi connectivity index (χ1n) is 12.1. The second kappa shape index (κ2) is 10.9. The first-order chi connectivity index (χ1) is 17.9. The smallest absolute Gasteiger partial charge is 0.390 e. The maximum absolute atomic E-state index is 12.6. The van der Waals surface area contributed by atoms with Gasteiger partial charge in [-0.2, -0.15) is 13.2 Å². The number of thiazole rings is 1. The molecule has 0 radical (unpaired) electrons. The van der Waals surface area contributed by atoms with Gasteiger partial charge in [-0.25, -0.2) is 15.0 Å². The van der Waals surface area contributed by atoms with Gasteiger partial charge < -0.3 is 20.7 Å². The van der Waals surface area contributed by atoms with Gasteiger partial charge in [-0.1, -0.05) is 24.3 Å². The molecule has 0 aliphatic carbocycles. The molecule has 3 N–H and O–H groups in total. The molecule has 1 fully saturated rings. The number of aryl methyl sites for hydroxylation is 1. The molecule has 11 heteroatoms. The zero-order chi connectivity index (χ0) is 25.8. The Kier molecular flexibility index (Phi) is 7.43. The van der Waals surface area contributed by atoms with Crippen LogP contribution in [-0.4, -0.2) is 46.8 Å². The monoisotopic (exact) mass is 528 g/mol. The Balaban J connectivity index is 1.40. The van der Waals surface area contributed by atoms with Crippen molar-refractivity contribution in [3.8, 4) is 22.2 Å². The Hall–Kier alpha value is -3.44. The van der Waals surface area contributed by atoms with Crippen molar-refractivity contribution >= 4 is 33.7 Å². The van der Waals surface area contributed by atoms with Crippen molar-refractivity contribution in [1.29, 1.82) is 0 Å². The van der Waals surface area contributed by atoms with E-state index in [4.69, 9.17) is 9.72 Å². The highest BCUT2D eigenvalue weighted by atomic mass is 32.1. The molecule has 0 bridgehead atoms. The van der Waals surface area contributed by atoms with Crippen molar-refractivity contribution in [3.63, 3.8) is 0 Å². The van der Waals surface area contributed by atoms with Crippen LogP contribution in [0.2, 0.25) is 0 Å². The zero-order valence-electron chi connectivity index (χ0n) is 20.2. The number of fused-ring (bicyclic) bond motifs is 1. The van der Waals surface area contributed by atoms with Crippen LogP contribution in [-0.2, 0) is 0 Å². The highest BCUT2D eigenvalue weighted by Crippen LogP contribution is 2.40. The summed E-state index contributed by atoms with van der Waals surface area (Å²) in [5, 5.41) is 12.0.